The molecule has 84 heavy (non-hydrogen) atoms. The van der Waals surface area contributed by atoms with Crippen molar-refractivity contribution in [3.63, 3.8) is 0 Å². The lowest BCUT2D eigenvalue weighted by Crippen LogP contribution is -2.29. The van der Waals surface area contributed by atoms with Crippen LogP contribution in [0, 0.1) is 34.3 Å². The quantitative estimate of drug-likeness (QED) is 0.116. The molecule has 2 saturated heterocycles. The SMILES string of the molecule is C.C1CCNC1.CCc1nc2ccc(-c3cnc(C(=O)N4CCCC4)nc3)cn2c1N(C)c1nc(-c2ccc(F)cc2)c(C#N)s1.CCc1nc2ccc(-c3cnc(C(=O)O)nc3)cn2c1N(C)c1nc(-c2ccc(F)cc2)c(C#N)s1.[2H]CF. The molecule has 0 radical (unpaired) electrons. The predicted molar refractivity (Wildman–Crippen MR) is 320 cm³/mol. The number of aromatic nitrogens is 10. The number of alkyl halides is 1. The van der Waals surface area contributed by atoms with Crippen molar-refractivity contribution >= 4 is 67.7 Å². The second-order valence-corrected chi connectivity index (χ2v) is 20.8. The van der Waals surface area contributed by atoms with Gasteiger partial charge in [0.2, 0.25) is 11.6 Å². The average molecular weight is 1170 g/mol. The first-order chi connectivity index (χ1) is 40.8. The number of aromatic carboxylic acids is 1. The van der Waals surface area contributed by atoms with Crippen LogP contribution in [0.25, 0.3) is 56.1 Å². The Kier molecular flexibility index (Phi) is 19.4. The fourth-order valence-electron chi connectivity index (χ4n) is 9.39. The number of pyridine rings is 2. The van der Waals surface area contributed by atoms with Gasteiger partial charge >= 0.3 is 5.97 Å². The molecule has 0 atom stereocenters. The summed E-state index contributed by atoms with van der Waals surface area (Å²) in [6.07, 6.45) is 16.3. The van der Waals surface area contributed by atoms with Gasteiger partial charge in [-0.25, -0.2) is 53.4 Å². The maximum atomic E-state index is 13.5. The van der Waals surface area contributed by atoms with Gasteiger partial charge in [0.15, 0.2) is 10.3 Å². The van der Waals surface area contributed by atoms with Crippen LogP contribution in [0.3, 0.4) is 0 Å². The number of carboxylic acid groups (broad SMARTS) is 1. The molecule has 2 aliphatic rings. The van der Waals surface area contributed by atoms with E-state index >= 15 is 0 Å². The van der Waals surface area contributed by atoms with Crippen molar-refractivity contribution in [2.75, 3.05) is 57.2 Å². The first-order valence-electron chi connectivity index (χ1n) is 27.0. The molecular formula is C60H59F3N16O3S2. The average Bonchev–Trinajstić information content (AvgIpc) is 3.05. The van der Waals surface area contributed by atoms with Crippen LogP contribution in [0.15, 0.2) is 110 Å². The van der Waals surface area contributed by atoms with Crippen molar-refractivity contribution in [3.05, 3.63) is 154 Å². The van der Waals surface area contributed by atoms with Crippen molar-refractivity contribution in [1.82, 2.24) is 58.9 Å². The van der Waals surface area contributed by atoms with Gasteiger partial charge in [-0.3, -0.25) is 18.0 Å². The van der Waals surface area contributed by atoms with Crippen molar-refractivity contribution < 1.29 is 29.2 Å². The third-order valence-corrected chi connectivity index (χ3v) is 15.7. The summed E-state index contributed by atoms with van der Waals surface area (Å²) in [5.74, 6) is -0.494. The summed E-state index contributed by atoms with van der Waals surface area (Å²) in [4.78, 5) is 65.8. The molecule has 8 aromatic heterocycles. The number of fused-ring (bicyclic) bond motifs is 2. The van der Waals surface area contributed by atoms with Crippen LogP contribution >= 0.6 is 22.7 Å². The summed E-state index contributed by atoms with van der Waals surface area (Å²) in [6.45, 7) is 8.04. The van der Waals surface area contributed by atoms with Gasteiger partial charge in [-0.05, 0) is 124 Å². The molecule has 24 heteroatoms. The van der Waals surface area contributed by atoms with Crippen molar-refractivity contribution in [1.29, 1.82) is 10.5 Å². The number of nitriles is 2. The number of carbonyl (C=O) groups is 2. The molecule has 2 N–H and O–H groups in total. The highest BCUT2D eigenvalue weighted by Crippen LogP contribution is 2.39. The number of nitrogens with one attached hydrogen (secondary N) is 1. The maximum absolute atomic E-state index is 13.5. The normalized spacial score (nSPS) is 12.6. The Bertz CT molecular complexity index is 4010. The Labute approximate surface area is 492 Å². The molecule has 430 valence electrons. The summed E-state index contributed by atoms with van der Waals surface area (Å²) in [5.41, 5.74) is 8.61. The molecule has 19 nitrogen and oxygen atoms in total. The van der Waals surface area contributed by atoms with E-state index in [1.54, 1.807) is 41.6 Å². The monoisotopic (exact) mass is 1170 g/mol. The molecule has 2 fully saturated rings. The number of hydrogen-bond donors (Lipinski definition) is 2. The van der Waals surface area contributed by atoms with E-state index in [2.05, 4.69) is 37.4 Å². The number of halogens is 3. The largest absolute Gasteiger partial charge is 0.475 e. The Balaban J connectivity index is 0.000000195. The van der Waals surface area contributed by atoms with Crippen LogP contribution in [-0.2, 0) is 12.8 Å². The molecular weight excluding hydrogens is 1110 g/mol. The molecule has 0 saturated carbocycles. The highest BCUT2D eigenvalue weighted by Gasteiger charge is 2.26. The van der Waals surface area contributed by atoms with E-state index < -0.39 is 13.1 Å². The van der Waals surface area contributed by atoms with Gasteiger partial charge in [0.1, 0.15) is 67.8 Å². The molecule has 0 unspecified atom stereocenters. The zero-order chi connectivity index (χ0) is 59.4. The number of hydrogen-bond acceptors (Lipinski definition) is 17. The third-order valence-electron chi connectivity index (χ3n) is 13.6. The van der Waals surface area contributed by atoms with Crippen molar-refractivity contribution in [2.45, 2.75) is 59.8 Å². The predicted octanol–water partition coefficient (Wildman–Crippen LogP) is 12.0. The molecule has 0 bridgehead atoms. The van der Waals surface area contributed by atoms with Crippen LogP contribution in [-0.4, -0.2) is 118 Å². The minimum absolute atomic E-state index is 0. The van der Waals surface area contributed by atoms with E-state index in [0.29, 0.717) is 60.9 Å². The second kappa shape index (κ2) is 27.5. The minimum atomic E-state index is -1.19. The highest BCUT2D eigenvalue weighted by molar-refractivity contribution is 7.17. The summed E-state index contributed by atoms with van der Waals surface area (Å²) in [6, 6.07) is 23.9. The van der Waals surface area contributed by atoms with Crippen molar-refractivity contribution in [3.8, 4) is 56.9 Å². The molecule has 12 rings (SSSR count). The van der Waals surface area contributed by atoms with Crippen LogP contribution in [0.5, 0.6) is 0 Å². The van der Waals surface area contributed by atoms with Crippen LogP contribution in [0.2, 0.25) is 0 Å². The van der Waals surface area contributed by atoms with Crippen molar-refractivity contribution in [2.24, 2.45) is 0 Å². The van der Waals surface area contributed by atoms with Gasteiger partial charge < -0.3 is 25.1 Å². The number of rotatable bonds is 12. The summed E-state index contributed by atoms with van der Waals surface area (Å²) >= 11 is 2.51. The Morgan fingerprint density at radius 1 is 0.631 bits per heavy atom. The lowest BCUT2D eigenvalue weighted by molar-refractivity contribution is 0.0682. The Hall–Kier alpha value is -9.49. The number of amides is 1. The van der Waals surface area contributed by atoms with Crippen LogP contribution in [0.4, 0.5) is 35.1 Å². The molecule has 2 aromatic carbocycles. The number of anilines is 4. The smallest absolute Gasteiger partial charge is 0.373 e. The zero-order valence-corrected chi connectivity index (χ0v) is 47.2. The maximum Gasteiger partial charge on any atom is 0.373 e. The van der Waals surface area contributed by atoms with Gasteiger partial charge in [0.25, 0.3) is 5.91 Å². The number of nitrogens with zero attached hydrogens (tertiary/aromatic N) is 15. The standard InChI is InChI=1S/C29H25FN8OS.C25H18FN7O2S.C4H9N.CH3F.CH4/c1-3-22-27(36(2)29-35-25(23(14-31)40-29)18-6-9-21(30)10-7-18)38-17-19(8-11-24(38)34-22)20-15-32-26(33-16-20)28(39)37-12-4-5-13-37;1-3-18-23(32(2)25-31-21(19(10-27)36-25)14-4-7-17(26)8-5-14)33-13-15(6-9-20(33)30-18)16-11-28-22(24(34)35)29-12-16;1-2-4-5-3-1;1-2;/h6-11,15-17H,3-5,12-13H2,1-2H3;4-9,11-13H,3H2,1-2H3,(H,34,35);5H,1-4H2;1H3;1H4/i;;;1D;. The highest BCUT2D eigenvalue weighted by atomic mass is 32.1. The van der Waals surface area contributed by atoms with Gasteiger partial charge in [-0.2, -0.15) is 10.5 Å². The third kappa shape index (κ3) is 13.1. The van der Waals surface area contributed by atoms with Gasteiger partial charge in [-0.1, -0.05) is 43.9 Å². The zero-order valence-electron chi connectivity index (χ0n) is 46.6. The number of benzene rings is 2. The molecule has 10 aromatic rings. The number of aryl methyl sites for hydroxylation is 2. The van der Waals surface area contributed by atoms with E-state index in [0.717, 1.165) is 76.9 Å². The summed E-state index contributed by atoms with van der Waals surface area (Å²) in [7, 11) is 2.75. The minimum Gasteiger partial charge on any atom is -0.475 e. The van der Waals surface area contributed by atoms with Gasteiger partial charge in [0, 0.05) is 97.7 Å². The van der Waals surface area contributed by atoms with E-state index in [9.17, 15) is 33.3 Å². The van der Waals surface area contributed by atoms with E-state index in [-0.39, 0.29) is 36.6 Å². The first-order valence-corrected chi connectivity index (χ1v) is 28.0. The lowest BCUT2D eigenvalue weighted by atomic mass is 10.1. The van der Waals surface area contributed by atoms with E-state index in [1.165, 1.54) is 85.3 Å². The first kappa shape index (κ1) is 59.1. The van der Waals surface area contributed by atoms with E-state index in [4.69, 9.17) is 26.4 Å². The lowest BCUT2D eigenvalue weighted by Gasteiger charge is -2.17. The van der Waals surface area contributed by atoms with Gasteiger partial charge in [-0.15, -0.1) is 0 Å². The topological polar surface area (TPSA) is 236 Å². The van der Waals surface area contributed by atoms with E-state index in [1.807, 2.05) is 83.2 Å². The molecule has 10 heterocycles. The summed E-state index contributed by atoms with van der Waals surface area (Å²) < 4.78 is 46.3. The number of thiazole rings is 2. The number of carboxylic acids is 1. The van der Waals surface area contributed by atoms with Crippen LogP contribution in [0.1, 0.15) is 90.7 Å². The second-order valence-electron chi connectivity index (χ2n) is 18.8. The molecule has 0 spiro atoms. The van der Waals surface area contributed by atoms with Crippen LogP contribution < -0.4 is 15.1 Å². The number of likely N-dealkylation sites (tertiary alicyclic amines) is 1. The summed E-state index contributed by atoms with van der Waals surface area (Å²) in [5, 5.41) is 33.0. The number of carbonyl (C=O) groups excluding carboxylic acids is 1. The Morgan fingerprint density at radius 3 is 1.38 bits per heavy atom. The fourth-order valence-corrected chi connectivity index (χ4v) is 11.1. The molecule has 1 amide bonds. The van der Waals surface area contributed by atoms with Gasteiger partial charge in [0.05, 0.1) is 19.9 Å². The fraction of sp³-hybridized carbons (Fsp3) is 0.267. The molecule has 0 aliphatic carbocycles. The number of imidazole rings is 2. The Morgan fingerprint density at radius 2 is 1.02 bits per heavy atom. The molecule has 2 aliphatic heterocycles.